The van der Waals surface area contributed by atoms with Crippen LogP contribution in [0.4, 0.5) is 5.69 Å². The minimum Gasteiger partial charge on any atom is -0.374 e. The highest BCUT2D eigenvalue weighted by molar-refractivity contribution is 6.06. The Morgan fingerprint density at radius 1 is 1.20 bits per heavy atom. The van der Waals surface area contributed by atoms with Gasteiger partial charge in [0.1, 0.15) is 11.6 Å². The van der Waals surface area contributed by atoms with Crippen LogP contribution >= 0.6 is 0 Å². The van der Waals surface area contributed by atoms with Gasteiger partial charge in [-0.2, -0.15) is 5.26 Å². The first-order valence-electron chi connectivity index (χ1n) is 9.14. The third-order valence-corrected chi connectivity index (χ3v) is 4.56. The molecule has 0 atom stereocenters. The molecule has 0 spiro atoms. The summed E-state index contributed by atoms with van der Waals surface area (Å²) < 4.78 is 0. The number of anilines is 1. The van der Waals surface area contributed by atoms with Gasteiger partial charge in [-0.05, 0) is 37.1 Å². The first kappa shape index (κ1) is 19.0. The van der Waals surface area contributed by atoms with Gasteiger partial charge in [0, 0.05) is 38.1 Å². The summed E-state index contributed by atoms with van der Waals surface area (Å²) in [7, 11) is 0. The Morgan fingerprint density at radius 2 is 1.88 bits per heavy atom. The zero-order valence-electron chi connectivity index (χ0n) is 15.3. The third-order valence-electron chi connectivity index (χ3n) is 4.56. The van der Waals surface area contributed by atoms with Crippen molar-refractivity contribution in [3.05, 3.63) is 41.6 Å². The van der Waals surface area contributed by atoms with Crippen molar-refractivity contribution in [2.24, 2.45) is 0 Å². The second-order valence-electron chi connectivity index (χ2n) is 6.38. The molecule has 0 aliphatic carbocycles. The van der Waals surface area contributed by atoms with Crippen molar-refractivity contribution in [2.75, 3.05) is 38.0 Å². The van der Waals surface area contributed by atoms with Crippen molar-refractivity contribution >= 4 is 11.6 Å². The zero-order valence-corrected chi connectivity index (χ0v) is 15.3. The van der Waals surface area contributed by atoms with E-state index in [0.717, 1.165) is 51.3 Å². The number of benzene rings is 1. The van der Waals surface area contributed by atoms with Gasteiger partial charge in [-0.1, -0.05) is 32.4 Å². The molecule has 2 rings (SSSR count). The van der Waals surface area contributed by atoms with Crippen molar-refractivity contribution in [1.29, 1.82) is 5.26 Å². The summed E-state index contributed by atoms with van der Waals surface area (Å²) in [5, 5.41) is 12.1. The van der Waals surface area contributed by atoms with Crippen LogP contribution in [0.5, 0.6) is 0 Å². The maximum absolute atomic E-state index is 12.4. The molecule has 1 fully saturated rings. The van der Waals surface area contributed by atoms with Crippen LogP contribution in [0.2, 0.25) is 0 Å². The molecule has 0 aromatic heterocycles. The van der Waals surface area contributed by atoms with E-state index in [9.17, 15) is 10.1 Å². The van der Waals surface area contributed by atoms with E-state index >= 15 is 0 Å². The quantitative estimate of drug-likeness (QED) is 0.612. The van der Waals surface area contributed by atoms with E-state index in [4.69, 9.17) is 0 Å². The van der Waals surface area contributed by atoms with Crippen molar-refractivity contribution < 1.29 is 4.79 Å². The van der Waals surface area contributed by atoms with E-state index in [2.05, 4.69) is 29.0 Å². The molecular formula is C20H28N4O. The molecule has 0 radical (unpaired) electrons. The monoisotopic (exact) mass is 340 g/mol. The van der Waals surface area contributed by atoms with Crippen molar-refractivity contribution in [3.8, 4) is 6.07 Å². The minimum atomic E-state index is -0.346. The Labute approximate surface area is 150 Å². The summed E-state index contributed by atoms with van der Waals surface area (Å²) in [6.45, 7) is 8.98. The van der Waals surface area contributed by atoms with E-state index in [1.54, 1.807) is 6.20 Å². The molecule has 1 saturated heterocycles. The maximum atomic E-state index is 12.4. The summed E-state index contributed by atoms with van der Waals surface area (Å²) in [6, 6.07) is 9.89. The van der Waals surface area contributed by atoms with Gasteiger partial charge in [0.05, 0.1) is 0 Å². The molecule has 1 aromatic carbocycles. The Kier molecular flexibility index (Phi) is 7.49. The van der Waals surface area contributed by atoms with E-state index in [-0.39, 0.29) is 11.5 Å². The normalized spacial score (nSPS) is 15.7. The van der Waals surface area contributed by atoms with Gasteiger partial charge in [-0.25, -0.2) is 0 Å². The first-order chi connectivity index (χ1) is 12.2. The fourth-order valence-corrected chi connectivity index (χ4v) is 2.86. The number of nitrogens with zero attached hydrogens (tertiary/aromatic N) is 3. The molecule has 0 saturated carbocycles. The lowest BCUT2D eigenvalue weighted by atomic mass is 10.1. The van der Waals surface area contributed by atoms with Crippen LogP contribution in [0.25, 0.3) is 0 Å². The lowest BCUT2D eigenvalue weighted by Crippen LogP contribution is -2.44. The molecular weight excluding hydrogens is 312 g/mol. The van der Waals surface area contributed by atoms with E-state index in [1.807, 2.05) is 30.3 Å². The lowest BCUT2D eigenvalue weighted by Gasteiger charge is -2.33. The van der Waals surface area contributed by atoms with Crippen LogP contribution < -0.4 is 5.32 Å². The molecule has 1 amide bonds. The zero-order chi connectivity index (χ0) is 18.1. The standard InChI is InChI=1S/C20H28N4O/c1-3-5-6-17-7-9-19(10-8-17)22-20(25)18(15-21)16-24-13-11-23(4-2)12-14-24/h7-10,16H,3-6,11-14H2,1-2H3,(H,22,25)/b18-16-. The smallest absolute Gasteiger partial charge is 0.267 e. The number of hydrogen-bond acceptors (Lipinski definition) is 4. The first-order valence-corrected chi connectivity index (χ1v) is 9.14. The average Bonchev–Trinajstić information content (AvgIpc) is 2.66. The Morgan fingerprint density at radius 3 is 2.44 bits per heavy atom. The largest absolute Gasteiger partial charge is 0.374 e. The van der Waals surface area contributed by atoms with Gasteiger partial charge in [-0.15, -0.1) is 0 Å². The third kappa shape index (κ3) is 5.91. The number of carbonyl (C=O) groups excluding carboxylic acids is 1. The van der Waals surface area contributed by atoms with Gasteiger partial charge in [0.2, 0.25) is 0 Å². The Balaban J connectivity index is 1.93. The van der Waals surface area contributed by atoms with Crippen LogP contribution in [0.1, 0.15) is 32.3 Å². The molecule has 134 valence electrons. The van der Waals surface area contributed by atoms with Crippen molar-refractivity contribution in [3.63, 3.8) is 0 Å². The van der Waals surface area contributed by atoms with Crippen molar-refractivity contribution in [1.82, 2.24) is 9.80 Å². The van der Waals surface area contributed by atoms with Gasteiger partial charge in [-0.3, -0.25) is 4.79 Å². The van der Waals surface area contributed by atoms with Gasteiger partial charge < -0.3 is 15.1 Å². The van der Waals surface area contributed by atoms with Crippen LogP contribution in [0.3, 0.4) is 0 Å². The van der Waals surface area contributed by atoms with E-state index < -0.39 is 0 Å². The number of likely N-dealkylation sites (N-methyl/N-ethyl adjacent to an activating group) is 1. The number of piperazine rings is 1. The van der Waals surface area contributed by atoms with Crippen LogP contribution in [-0.4, -0.2) is 48.4 Å². The summed E-state index contributed by atoms with van der Waals surface area (Å²) in [5.74, 6) is -0.346. The highest BCUT2D eigenvalue weighted by atomic mass is 16.1. The van der Waals surface area contributed by atoms with Crippen LogP contribution in [0.15, 0.2) is 36.0 Å². The summed E-state index contributed by atoms with van der Waals surface area (Å²) in [6.07, 6.45) is 5.08. The highest BCUT2D eigenvalue weighted by Gasteiger charge is 2.16. The lowest BCUT2D eigenvalue weighted by molar-refractivity contribution is -0.112. The fourth-order valence-electron chi connectivity index (χ4n) is 2.86. The number of rotatable bonds is 7. The second kappa shape index (κ2) is 9.85. The summed E-state index contributed by atoms with van der Waals surface area (Å²) >= 11 is 0. The maximum Gasteiger partial charge on any atom is 0.267 e. The molecule has 1 aliphatic heterocycles. The van der Waals surface area contributed by atoms with Crippen molar-refractivity contribution in [2.45, 2.75) is 33.1 Å². The number of hydrogen-bond donors (Lipinski definition) is 1. The van der Waals surface area contributed by atoms with E-state index in [1.165, 1.54) is 12.0 Å². The number of nitrogens with one attached hydrogen (secondary N) is 1. The minimum absolute atomic E-state index is 0.153. The molecule has 25 heavy (non-hydrogen) atoms. The fraction of sp³-hybridized carbons (Fsp3) is 0.500. The number of unbranched alkanes of at least 4 members (excludes halogenated alkanes) is 1. The van der Waals surface area contributed by atoms with Crippen LogP contribution in [-0.2, 0) is 11.2 Å². The average molecular weight is 340 g/mol. The predicted molar refractivity (Wildman–Crippen MR) is 101 cm³/mol. The number of amides is 1. The number of nitriles is 1. The Bertz CT molecular complexity index is 622. The van der Waals surface area contributed by atoms with Crippen LogP contribution in [0, 0.1) is 11.3 Å². The SMILES string of the molecule is CCCCc1ccc(NC(=O)/C(C#N)=C\N2CCN(CC)CC2)cc1. The predicted octanol–water partition coefficient (Wildman–Crippen LogP) is 3.01. The number of aryl methyl sites for hydroxylation is 1. The second-order valence-corrected chi connectivity index (χ2v) is 6.38. The molecule has 0 unspecified atom stereocenters. The summed E-state index contributed by atoms with van der Waals surface area (Å²) in [5.41, 5.74) is 2.15. The van der Waals surface area contributed by atoms with Gasteiger partial charge in [0.15, 0.2) is 0 Å². The molecule has 1 aromatic rings. The summed E-state index contributed by atoms with van der Waals surface area (Å²) in [4.78, 5) is 16.8. The molecule has 0 bridgehead atoms. The highest BCUT2D eigenvalue weighted by Crippen LogP contribution is 2.13. The molecule has 5 nitrogen and oxygen atoms in total. The molecule has 1 N–H and O–H groups in total. The van der Waals surface area contributed by atoms with E-state index in [0.29, 0.717) is 0 Å². The number of carbonyl (C=O) groups is 1. The molecule has 5 heteroatoms. The topological polar surface area (TPSA) is 59.4 Å². The molecule has 1 aliphatic rings. The van der Waals surface area contributed by atoms with Gasteiger partial charge >= 0.3 is 0 Å². The van der Waals surface area contributed by atoms with Gasteiger partial charge in [0.25, 0.3) is 5.91 Å². The Hall–Kier alpha value is -2.32. The molecule has 1 heterocycles.